The third-order valence-corrected chi connectivity index (χ3v) is 5.00. The maximum Gasteiger partial charge on any atom is 0.317 e. The van der Waals surface area contributed by atoms with Crippen molar-refractivity contribution in [3.05, 3.63) is 76.5 Å². The molecule has 0 saturated carbocycles. The fourth-order valence-electron chi connectivity index (χ4n) is 3.20. The molecule has 0 aliphatic rings. The van der Waals surface area contributed by atoms with Gasteiger partial charge >= 0.3 is 6.03 Å². The van der Waals surface area contributed by atoms with Crippen LogP contribution in [0.2, 0.25) is 0 Å². The van der Waals surface area contributed by atoms with Gasteiger partial charge < -0.3 is 14.8 Å². The second-order valence-electron chi connectivity index (χ2n) is 6.79. The minimum atomic E-state index is -0.429. The predicted octanol–water partition coefficient (Wildman–Crippen LogP) is 4.34. The molecule has 3 rings (SSSR count). The number of non-ortho nitro benzene ring substituents is 1. The largest absolute Gasteiger partial charge is 0.347 e. The molecule has 2 amide bonds. The number of urea groups is 1. The summed E-state index contributed by atoms with van der Waals surface area (Å²) in [5.74, 6) is 0. The third-order valence-electron chi connectivity index (χ3n) is 5.00. The highest BCUT2D eigenvalue weighted by molar-refractivity contribution is 5.79. The first kappa shape index (κ1) is 19.4. The molecule has 146 valence electrons. The van der Waals surface area contributed by atoms with Crippen LogP contribution in [0.3, 0.4) is 0 Å². The van der Waals surface area contributed by atoms with Gasteiger partial charge in [-0.25, -0.2) is 4.79 Å². The van der Waals surface area contributed by atoms with Crippen molar-refractivity contribution in [2.75, 3.05) is 13.6 Å². The van der Waals surface area contributed by atoms with E-state index in [-0.39, 0.29) is 17.8 Å². The molecule has 1 heterocycles. The van der Waals surface area contributed by atoms with Crippen LogP contribution in [0.15, 0.2) is 60.8 Å². The number of amides is 2. The Morgan fingerprint density at radius 1 is 1.21 bits per heavy atom. The molecule has 7 heteroatoms. The molecule has 1 N–H and O–H groups in total. The van der Waals surface area contributed by atoms with Gasteiger partial charge in [0.1, 0.15) is 0 Å². The molecule has 28 heavy (non-hydrogen) atoms. The lowest BCUT2D eigenvalue weighted by atomic mass is 10.1. The minimum Gasteiger partial charge on any atom is -0.347 e. The molecule has 1 aromatic heterocycles. The molecule has 0 aliphatic heterocycles. The Bertz CT molecular complexity index is 982. The van der Waals surface area contributed by atoms with Gasteiger partial charge in [0.15, 0.2) is 0 Å². The van der Waals surface area contributed by atoms with Gasteiger partial charge in [-0.3, -0.25) is 10.1 Å². The molecule has 2 aromatic carbocycles. The van der Waals surface area contributed by atoms with Gasteiger partial charge in [-0.1, -0.05) is 30.3 Å². The molecule has 0 bridgehead atoms. The summed E-state index contributed by atoms with van der Waals surface area (Å²) in [7, 11) is 1.69. The molecule has 7 nitrogen and oxygen atoms in total. The van der Waals surface area contributed by atoms with Gasteiger partial charge in [0.05, 0.1) is 11.0 Å². The molecule has 0 radical (unpaired) electrons. The first-order chi connectivity index (χ1) is 13.5. The van der Waals surface area contributed by atoms with E-state index in [9.17, 15) is 14.9 Å². The summed E-state index contributed by atoms with van der Waals surface area (Å²) < 4.78 is 2.18. The van der Waals surface area contributed by atoms with Crippen LogP contribution >= 0.6 is 0 Å². The molecule has 0 fully saturated rings. The van der Waals surface area contributed by atoms with Crippen molar-refractivity contribution < 1.29 is 9.72 Å². The maximum atomic E-state index is 12.4. The van der Waals surface area contributed by atoms with Crippen molar-refractivity contribution in [1.82, 2.24) is 14.8 Å². The summed E-state index contributed by atoms with van der Waals surface area (Å²) in [4.78, 5) is 24.5. The van der Waals surface area contributed by atoms with E-state index < -0.39 is 4.92 Å². The van der Waals surface area contributed by atoms with Crippen LogP contribution in [0.1, 0.15) is 24.9 Å². The van der Waals surface area contributed by atoms with Crippen LogP contribution in [0, 0.1) is 10.1 Å². The Labute approximate surface area is 163 Å². The number of benzene rings is 2. The molecule has 0 saturated heterocycles. The predicted molar refractivity (Wildman–Crippen MR) is 109 cm³/mol. The lowest BCUT2D eigenvalue weighted by Crippen LogP contribution is -2.39. The number of nitro groups is 1. The lowest BCUT2D eigenvalue weighted by Gasteiger charge is -2.25. The van der Waals surface area contributed by atoms with Gasteiger partial charge in [-0.2, -0.15) is 0 Å². The van der Waals surface area contributed by atoms with Gasteiger partial charge in [0.25, 0.3) is 5.69 Å². The summed E-state index contributed by atoms with van der Waals surface area (Å²) in [5, 5.41) is 15.1. The zero-order valence-corrected chi connectivity index (χ0v) is 16.0. The molecule has 0 aliphatic carbocycles. The highest BCUT2D eigenvalue weighted by Crippen LogP contribution is 2.23. The fourth-order valence-corrected chi connectivity index (χ4v) is 3.20. The van der Waals surface area contributed by atoms with Crippen molar-refractivity contribution >= 4 is 22.6 Å². The standard InChI is InChI=1S/C21H24N4O3/c1-16(18-8-5-9-19(15-18)25(27)28)23(2)21(26)22-12-6-13-24-14-11-17-7-3-4-10-20(17)24/h3-5,7-11,14-16H,6,12-13H2,1-2H3,(H,22,26)/t16-/m0/s1. The Kier molecular flexibility index (Phi) is 5.93. The Balaban J connectivity index is 1.51. The monoisotopic (exact) mass is 380 g/mol. The number of nitrogens with zero attached hydrogens (tertiary/aromatic N) is 3. The number of aromatic nitrogens is 1. The summed E-state index contributed by atoms with van der Waals surface area (Å²) in [6.07, 6.45) is 2.87. The van der Waals surface area contributed by atoms with Crippen LogP contribution in [-0.2, 0) is 6.54 Å². The molecule has 0 unspecified atom stereocenters. The van der Waals surface area contributed by atoms with Gasteiger partial charge in [0.2, 0.25) is 0 Å². The van der Waals surface area contributed by atoms with Crippen molar-refractivity contribution in [2.24, 2.45) is 0 Å². The van der Waals surface area contributed by atoms with E-state index in [0.717, 1.165) is 18.5 Å². The lowest BCUT2D eigenvalue weighted by molar-refractivity contribution is -0.384. The van der Waals surface area contributed by atoms with E-state index in [1.165, 1.54) is 23.0 Å². The van der Waals surface area contributed by atoms with Crippen molar-refractivity contribution in [3.63, 3.8) is 0 Å². The Morgan fingerprint density at radius 3 is 2.79 bits per heavy atom. The van der Waals surface area contributed by atoms with Gasteiger partial charge in [0, 0.05) is 44.0 Å². The number of nitrogens with one attached hydrogen (secondary N) is 1. The first-order valence-corrected chi connectivity index (χ1v) is 9.26. The Hall–Kier alpha value is -3.35. The number of carbonyl (C=O) groups excluding carboxylic acids is 1. The smallest absolute Gasteiger partial charge is 0.317 e. The van der Waals surface area contributed by atoms with Gasteiger partial charge in [-0.15, -0.1) is 0 Å². The normalized spacial score (nSPS) is 11.9. The van der Waals surface area contributed by atoms with Crippen LogP contribution in [0.4, 0.5) is 10.5 Å². The minimum absolute atomic E-state index is 0.0251. The third kappa shape index (κ3) is 4.31. The number of nitro benzene ring substituents is 1. The van der Waals surface area contributed by atoms with Crippen molar-refractivity contribution in [1.29, 1.82) is 0 Å². The SMILES string of the molecule is C[C@@H](c1cccc([N+](=O)[O-])c1)N(C)C(=O)NCCCn1ccc2ccccc21. The molecular formula is C21H24N4O3. The van der Waals surface area contributed by atoms with E-state index in [1.54, 1.807) is 24.1 Å². The maximum absolute atomic E-state index is 12.4. The number of hydrogen-bond donors (Lipinski definition) is 1. The van der Waals surface area contributed by atoms with E-state index in [2.05, 4.69) is 34.3 Å². The number of rotatable bonds is 7. The highest BCUT2D eigenvalue weighted by Gasteiger charge is 2.19. The zero-order valence-electron chi connectivity index (χ0n) is 16.0. The van der Waals surface area contributed by atoms with Crippen molar-refractivity contribution in [3.8, 4) is 0 Å². The van der Waals surface area contributed by atoms with E-state index in [1.807, 2.05) is 19.1 Å². The number of fused-ring (bicyclic) bond motifs is 1. The molecule has 3 aromatic rings. The van der Waals surface area contributed by atoms with Crippen LogP contribution in [0.5, 0.6) is 0 Å². The molecule has 1 atom stereocenters. The summed E-state index contributed by atoms with van der Waals surface area (Å²) in [5.41, 5.74) is 1.94. The number of para-hydroxylation sites is 1. The molecular weight excluding hydrogens is 356 g/mol. The number of aryl methyl sites for hydroxylation is 1. The quantitative estimate of drug-likeness (QED) is 0.376. The zero-order chi connectivity index (χ0) is 20.1. The van der Waals surface area contributed by atoms with E-state index in [4.69, 9.17) is 0 Å². The van der Waals surface area contributed by atoms with Gasteiger partial charge in [-0.05, 0) is 36.4 Å². The summed E-state index contributed by atoms with van der Waals surface area (Å²) >= 11 is 0. The summed E-state index contributed by atoms with van der Waals surface area (Å²) in [6.45, 7) is 3.22. The first-order valence-electron chi connectivity index (χ1n) is 9.26. The van der Waals surface area contributed by atoms with Crippen LogP contribution < -0.4 is 5.32 Å². The average Bonchev–Trinajstić information content (AvgIpc) is 3.13. The van der Waals surface area contributed by atoms with E-state index >= 15 is 0 Å². The summed E-state index contributed by atoms with van der Waals surface area (Å²) in [6, 6.07) is 16.2. The van der Waals surface area contributed by atoms with E-state index in [0.29, 0.717) is 6.54 Å². The number of carbonyl (C=O) groups is 1. The second-order valence-corrected chi connectivity index (χ2v) is 6.79. The number of hydrogen-bond acceptors (Lipinski definition) is 3. The highest BCUT2D eigenvalue weighted by atomic mass is 16.6. The fraction of sp³-hybridized carbons (Fsp3) is 0.286. The van der Waals surface area contributed by atoms with Crippen LogP contribution in [0.25, 0.3) is 10.9 Å². The van der Waals surface area contributed by atoms with Crippen molar-refractivity contribution in [2.45, 2.75) is 25.9 Å². The van der Waals surface area contributed by atoms with Crippen LogP contribution in [-0.4, -0.2) is 34.0 Å². The average molecular weight is 380 g/mol. The topological polar surface area (TPSA) is 80.4 Å². The second kappa shape index (κ2) is 8.56. The molecule has 0 spiro atoms. The Morgan fingerprint density at radius 2 is 2.00 bits per heavy atom.